The van der Waals surface area contributed by atoms with Crippen LogP contribution >= 0.6 is 0 Å². The molecule has 0 saturated carbocycles. The molecule has 10 heteroatoms. The van der Waals surface area contributed by atoms with Crippen LogP contribution in [0.3, 0.4) is 0 Å². The van der Waals surface area contributed by atoms with Gasteiger partial charge in [-0.1, -0.05) is 18.6 Å². The Hall–Kier alpha value is -3.82. The number of hydrogen-bond donors (Lipinski definition) is 0. The molecule has 2 heterocycles. The van der Waals surface area contributed by atoms with Crippen LogP contribution in [0.2, 0.25) is 0 Å². The highest BCUT2D eigenvalue weighted by Crippen LogP contribution is 2.25. The van der Waals surface area contributed by atoms with Crippen LogP contribution in [0.5, 0.6) is 0 Å². The largest absolute Gasteiger partial charge is 0.466 e. The van der Waals surface area contributed by atoms with Crippen molar-refractivity contribution in [3.63, 3.8) is 0 Å². The molecule has 1 aromatic carbocycles. The third-order valence-electron chi connectivity index (χ3n) is 6.39. The van der Waals surface area contributed by atoms with Crippen LogP contribution in [0.15, 0.2) is 36.5 Å². The van der Waals surface area contributed by atoms with E-state index in [4.69, 9.17) is 9.47 Å². The lowest BCUT2D eigenvalue weighted by Crippen LogP contribution is -2.38. The summed E-state index contributed by atoms with van der Waals surface area (Å²) in [5, 5.41) is 0. The Balaban J connectivity index is 1.92. The molecule has 0 aliphatic carbocycles. The molecule has 2 aromatic rings. The fraction of sp³-hybridized carbons (Fsp3) is 0.483. The van der Waals surface area contributed by atoms with Crippen molar-refractivity contribution in [2.24, 2.45) is 0 Å². The van der Waals surface area contributed by atoms with Crippen LogP contribution in [0, 0.1) is 5.82 Å². The van der Waals surface area contributed by atoms with Gasteiger partial charge < -0.3 is 19.3 Å². The van der Waals surface area contributed by atoms with E-state index in [2.05, 4.69) is 4.98 Å². The van der Waals surface area contributed by atoms with Gasteiger partial charge >= 0.3 is 11.9 Å². The van der Waals surface area contributed by atoms with Crippen molar-refractivity contribution in [2.75, 3.05) is 37.7 Å². The summed E-state index contributed by atoms with van der Waals surface area (Å²) >= 11 is 0. The van der Waals surface area contributed by atoms with E-state index < -0.39 is 24.3 Å². The molecule has 1 aliphatic rings. The first-order chi connectivity index (χ1) is 18.8. The van der Waals surface area contributed by atoms with Crippen LogP contribution in [0.1, 0.15) is 74.0 Å². The minimum Gasteiger partial charge on any atom is -0.466 e. The molecule has 0 atom stereocenters. The second-order valence-corrected chi connectivity index (χ2v) is 9.31. The first-order valence-electron chi connectivity index (χ1n) is 13.5. The molecule has 0 N–H and O–H groups in total. The summed E-state index contributed by atoms with van der Waals surface area (Å²) in [6.07, 6.45) is 5.13. The fourth-order valence-corrected chi connectivity index (χ4v) is 4.50. The van der Waals surface area contributed by atoms with Gasteiger partial charge in [0.1, 0.15) is 12.2 Å². The number of likely N-dealkylation sites (tertiary alicyclic amines) is 1. The number of pyridine rings is 1. The number of carbonyl (C=O) groups is 4. The highest BCUT2D eigenvalue weighted by molar-refractivity contribution is 6.06. The molecule has 0 spiro atoms. The maximum absolute atomic E-state index is 13.4. The molecule has 1 aliphatic heterocycles. The number of benzene rings is 1. The van der Waals surface area contributed by atoms with Gasteiger partial charge in [-0.05, 0) is 68.9 Å². The second kappa shape index (κ2) is 14.9. The Morgan fingerprint density at radius 2 is 1.77 bits per heavy atom. The van der Waals surface area contributed by atoms with Gasteiger partial charge in [0.2, 0.25) is 11.8 Å². The Labute approximate surface area is 228 Å². The minimum absolute atomic E-state index is 0.0530. The number of rotatable bonds is 12. The zero-order chi connectivity index (χ0) is 28.2. The van der Waals surface area contributed by atoms with Crippen LogP contribution in [0.25, 0.3) is 0 Å². The lowest BCUT2D eigenvalue weighted by atomic mass is 10.0. The van der Waals surface area contributed by atoms with Crippen molar-refractivity contribution in [3.05, 3.63) is 59.2 Å². The van der Waals surface area contributed by atoms with Crippen molar-refractivity contribution in [3.8, 4) is 0 Å². The number of anilines is 1. The van der Waals surface area contributed by atoms with E-state index in [1.165, 1.54) is 23.2 Å². The summed E-state index contributed by atoms with van der Waals surface area (Å²) < 4.78 is 23.6. The molecule has 210 valence electrons. The van der Waals surface area contributed by atoms with Crippen LogP contribution in [-0.2, 0) is 30.3 Å². The van der Waals surface area contributed by atoms with Gasteiger partial charge in [0.05, 0.1) is 18.9 Å². The third kappa shape index (κ3) is 8.87. The highest BCUT2D eigenvalue weighted by Gasteiger charge is 2.27. The smallest absolute Gasteiger partial charge is 0.359 e. The van der Waals surface area contributed by atoms with E-state index in [9.17, 15) is 23.6 Å². The molecule has 2 amide bonds. The van der Waals surface area contributed by atoms with Crippen LogP contribution in [-0.4, -0.2) is 66.5 Å². The first kappa shape index (κ1) is 29.7. The van der Waals surface area contributed by atoms with Gasteiger partial charge in [-0.25, -0.2) is 14.2 Å². The number of ether oxygens (including phenoxy) is 2. The predicted octanol–water partition coefficient (Wildman–Crippen LogP) is 4.07. The number of hydrogen-bond acceptors (Lipinski definition) is 7. The highest BCUT2D eigenvalue weighted by atomic mass is 19.1. The summed E-state index contributed by atoms with van der Waals surface area (Å²) in [7, 11) is 0. The lowest BCUT2D eigenvalue weighted by molar-refractivity contribution is -0.145. The summed E-state index contributed by atoms with van der Waals surface area (Å²) in [5.41, 5.74) is 1.66. The summed E-state index contributed by atoms with van der Waals surface area (Å²) in [5.74, 6) is -2.19. The summed E-state index contributed by atoms with van der Waals surface area (Å²) in [4.78, 5) is 58.3. The molecular weight excluding hydrogens is 505 g/mol. The normalized spacial score (nSPS) is 13.5. The van der Waals surface area contributed by atoms with Gasteiger partial charge in [-0.2, -0.15) is 0 Å². The quantitative estimate of drug-likeness (QED) is 0.295. The fourth-order valence-electron chi connectivity index (χ4n) is 4.50. The zero-order valence-corrected chi connectivity index (χ0v) is 22.6. The monoisotopic (exact) mass is 541 g/mol. The molecule has 1 saturated heterocycles. The van der Waals surface area contributed by atoms with E-state index >= 15 is 0 Å². The van der Waals surface area contributed by atoms with Crippen molar-refractivity contribution < 1.29 is 33.0 Å². The number of carbonyl (C=O) groups excluding carboxylic acids is 4. The van der Waals surface area contributed by atoms with Gasteiger partial charge in [0.25, 0.3) is 0 Å². The van der Waals surface area contributed by atoms with E-state index in [-0.39, 0.29) is 42.9 Å². The second-order valence-electron chi connectivity index (χ2n) is 9.31. The van der Waals surface area contributed by atoms with Crippen molar-refractivity contribution in [1.82, 2.24) is 9.88 Å². The molecule has 0 unspecified atom stereocenters. The maximum Gasteiger partial charge on any atom is 0.359 e. The van der Waals surface area contributed by atoms with Crippen LogP contribution in [0.4, 0.5) is 10.1 Å². The Morgan fingerprint density at radius 3 is 2.49 bits per heavy atom. The Kier molecular flexibility index (Phi) is 11.4. The van der Waals surface area contributed by atoms with Crippen LogP contribution < -0.4 is 4.90 Å². The molecule has 9 nitrogen and oxygen atoms in total. The van der Waals surface area contributed by atoms with Crippen molar-refractivity contribution in [1.29, 1.82) is 0 Å². The molecule has 3 rings (SSSR count). The molecule has 1 aromatic heterocycles. The van der Waals surface area contributed by atoms with E-state index in [1.807, 2.05) is 0 Å². The number of amides is 2. The zero-order valence-electron chi connectivity index (χ0n) is 22.6. The predicted molar refractivity (Wildman–Crippen MR) is 143 cm³/mol. The number of aromatic nitrogens is 1. The third-order valence-corrected chi connectivity index (χ3v) is 6.39. The Bertz CT molecular complexity index is 1150. The standard InChI is InChI=1S/C29H36FN3O6/c1-3-38-27(36)19-26(35)33(16-8-15-32-14-7-5-6-9-25(32)34)24-18-22(17-21-10-12-23(30)13-11-21)20-31-28(24)29(37)39-4-2/h10-13,18,20H,3-9,14-17,19H2,1-2H3. The molecule has 0 radical (unpaired) electrons. The van der Waals surface area contributed by atoms with Gasteiger partial charge in [0, 0.05) is 32.3 Å². The minimum atomic E-state index is -0.697. The van der Waals surface area contributed by atoms with E-state index in [1.54, 1.807) is 36.9 Å². The van der Waals surface area contributed by atoms with Gasteiger partial charge in [-0.3, -0.25) is 14.4 Å². The van der Waals surface area contributed by atoms with Crippen molar-refractivity contribution >= 4 is 29.4 Å². The van der Waals surface area contributed by atoms with E-state index in [0.29, 0.717) is 37.9 Å². The molecule has 0 bridgehead atoms. The number of nitrogens with zero attached hydrogens (tertiary/aromatic N) is 3. The summed E-state index contributed by atoms with van der Waals surface area (Å²) in [6.45, 7) is 4.83. The van der Waals surface area contributed by atoms with Gasteiger partial charge in [0.15, 0.2) is 5.69 Å². The lowest BCUT2D eigenvalue weighted by Gasteiger charge is -2.27. The molecule has 1 fully saturated rings. The maximum atomic E-state index is 13.4. The summed E-state index contributed by atoms with van der Waals surface area (Å²) in [6, 6.07) is 7.68. The van der Waals surface area contributed by atoms with Gasteiger partial charge in [-0.15, -0.1) is 0 Å². The van der Waals surface area contributed by atoms with E-state index in [0.717, 1.165) is 24.8 Å². The SMILES string of the molecule is CCOC(=O)CC(=O)N(CCCN1CCCCCC1=O)c1cc(Cc2ccc(F)cc2)cnc1C(=O)OCC. The molecule has 39 heavy (non-hydrogen) atoms. The molecular formula is C29H36FN3O6. The number of esters is 2. The average Bonchev–Trinajstić information content (AvgIpc) is 3.11. The average molecular weight is 542 g/mol. The Morgan fingerprint density at radius 1 is 1.03 bits per heavy atom. The first-order valence-corrected chi connectivity index (χ1v) is 13.5. The number of halogens is 1. The van der Waals surface area contributed by atoms with Crippen molar-refractivity contribution in [2.45, 2.75) is 58.8 Å². The topological polar surface area (TPSA) is 106 Å².